The van der Waals surface area contributed by atoms with Crippen LogP contribution in [0.3, 0.4) is 0 Å². The molecule has 0 saturated heterocycles. The zero-order valence-electron chi connectivity index (χ0n) is 9.72. The Morgan fingerprint density at radius 2 is 2.38 bits per heavy atom. The predicted octanol–water partition coefficient (Wildman–Crippen LogP) is 0.413. The van der Waals surface area contributed by atoms with Crippen LogP contribution in [-0.2, 0) is 9.53 Å². The van der Waals surface area contributed by atoms with Crippen LogP contribution in [0.1, 0.15) is 13.3 Å². The number of carbonyl (C=O) groups is 1. The van der Waals surface area contributed by atoms with Crippen molar-refractivity contribution >= 4 is 5.91 Å². The Labute approximate surface area is 95.0 Å². The van der Waals surface area contributed by atoms with E-state index in [4.69, 9.17) is 16.0 Å². The molecule has 0 aromatic carbocycles. The largest absolute Gasteiger partial charge is 0.384 e. The maximum atomic E-state index is 11.2. The summed E-state index contributed by atoms with van der Waals surface area (Å²) < 4.78 is 4.97. The maximum Gasteiger partial charge on any atom is 0.234 e. The second-order valence-corrected chi connectivity index (χ2v) is 3.57. The van der Waals surface area contributed by atoms with Crippen LogP contribution >= 0.6 is 0 Å². The van der Waals surface area contributed by atoms with Crippen LogP contribution in [0.15, 0.2) is 5.11 Å². The summed E-state index contributed by atoms with van der Waals surface area (Å²) in [6.07, 6.45) is 0.674. The van der Waals surface area contributed by atoms with Crippen LogP contribution in [0.4, 0.5) is 0 Å². The van der Waals surface area contributed by atoms with E-state index in [1.807, 2.05) is 6.92 Å². The molecule has 2 unspecified atom stereocenters. The molecule has 7 heteroatoms. The molecular weight excluding hydrogens is 210 g/mol. The van der Waals surface area contributed by atoms with Gasteiger partial charge in [-0.2, -0.15) is 0 Å². The number of rotatable bonds is 9. The van der Waals surface area contributed by atoms with E-state index >= 15 is 0 Å². The molecule has 1 amide bonds. The summed E-state index contributed by atoms with van der Waals surface area (Å²) >= 11 is 0. The molecule has 92 valence electrons. The Morgan fingerprint density at radius 3 is 2.88 bits per heavy atom. The molecule has 16 heavy (non-hydrogen) atoms. The average molecular weight is 229 g/mol. The molecule has 3 N–H and O–H groups in total. The minimum absolute atomic E-state index is 0.0157. The number of primary amides is 1. The van der Waals surface area contributed by atoms with Crippen molar-refractivity contribution in [3.05, 3.63) is 10.4 Å². The van der Waals surface area contributed by atoms with Crippen molar-refractivity contribution < 1.29 is 9.53 Å². The summed E-state index contributed by atoms with van der Waals surface area (Å²) in [7, 11) is 1.58. The summed E-state index contributed by atoms with van der Waals surface area (Å²) in [6.45, 7) is 3.35. The molecule has 0 aliphatic heterocycles. The number of nitrogens with zero attached hydrogens (tertiary/aromatic N) is 3. The summed E-state index contributed by atoms with van der Waals surface area (Å²) in [4.78, 5) is 13.8. The fourth-order valence-electron chi connectivity index (χ4n) is 1.39. The van der Waals surface area contributed by atoms with Gasteiger partial charge >= 0.3 is 0 Å². The lowest BCUT2D eigenvalue weighted by molar-refractivity contribution is -0.121. The monoisotopic (exact) mass is 229 g/mol. The van der Waals surface area contributed by atoms with Crippen molar-refractivity contribution in [3.8, 4) is 0 Å². The normalized spacial score (nSPS) is 13.9. The van der Waals surface area contributed by atoms with Gasteiger partial charge in [0.15, 0.2) is 0 Å². The molecule has 0 fully saturated rings. The van der Waals surface area contributed by atoms with Crippen molar-refractivity contribution in [2.75, 3.05) is 26.8 Å². The highest BCUT2D eigenvalue weighted by molar-refractivity contribution is 5.80. The standard InChI is InChI=1S/C9H19N5O2/c1-7(6-16-2)8(9(10)15)12-4-3-5-13-14-11/h7-8,12H,3-6H2,1-2H3,(H2,10,15). The maximum absolute atomic E-state index is 11.2. The number of nitrogens with two attached hydrogens (primary N) is 1. The molecule has 0 heterocycles. The molecular formula is C9H19N5O2. The van der Waals surface area contributed by atoms with Crippen molar-refractivity contribution in [3.63, 3.8) is 0 Å². The van der Waals surface area contributed by atoms with Gasteiger partial charge < -0.3 is 15.8 Å². The molecule has 0 aromatic heterocycles. The highest BCUT2D eigenvalue weighted by atomic mass is 16.5. The van der Waals surface area contributed by atoms with Crippen LogP contribution in [0, 0.1) is 5.92 Å². The summed E-state index contributed by atoms with van der Waals surface area (Å²) in [5.41, 5.74) is 13.3. The van der Waals surface area contributed by atoms with E-state index in [1.165, 1.54) is 0 Å². The Kier molecular flexibility index (Phi) is 8.24. The van der Waals surface area contributed by atoms with Gasteiger partial charge in [-0.05, 0) is 18.5 Å². The third kappa shape index (κ3) is 6.23. The summed E-state index contributed by atoms with van der Waals surface area (Å²) in [5, 5.41) is 6.42. The number of ether oxygens (including phenoxy) is 1. The van der Waals surface area contributed by atoms with E-state index in [9.17, 15) is 4.79 Å². The number of methoxy groups -OCH3 is 1. The zero-order chi connectivity index (χ0) is 12.4. The van der Waals surface area contributed by atoms with Crippen molar-refractivity contribution in [2.24, 2.45) is 16.8 Å². The zero-order valence-corrected chi connectivity index (χ0v) is 9.72. The minimum Gasteiger partial charge on any atom is -0.384 e. The van der Waals surface area contributed by atoms with Crippen LogP contribution in [0.5, 0.6) is 0 Å². The Balaban J connectivity index is 3.94. The molecule has 0 aliphatic rings. The quantitative estimate of drug-likeness (QED) is 0.258. The van der Waals surface area contributed by atoms with Crippen LogP contribution in [-0.4, -0.2) is 38.8 Å². The van der Waals surface area contributed by atoms with Gasteiger partial charge in [-0.15, -0.1) is 0 Å². The highest BCUT2D eigenvalue weighted by Crippen LogP contribution is 2.03. The lowest BCUT2D eigenvalue weighted by Crippen LogP contribution is -2.47. The molecule has 0 radical (unpaired) electrons. The highest BCUT2D eigenvalue weighted by Gasteiger charge is 2.21. The molecule has 2 atom stereocenters. The van der Waals surface area contributed by atoms with Crippen molar-refractivity contribution in [2.45, 2.75) is 19.4 Å². The van der Waals surface area contributed by atoms with Crippen LogP contribution in [0.2, 0.25) is 0 Å². The fraction of sp³-hybridized carbons (Fsp3) is 0.889. The van der Waals surface area contributed by atoms with E-state index in [2.05, 4.69) is 15.3 Å². The first kappa shape index (κ1) is 14.7. The van der Waals surface area contributed by atoms with E-state index < -0.39 is 11.9 Å². The minimum atomic E-state index is -0.411. The Hall–Kier alpha value is -1.30. The molecule has 0 rings (SSSR count). The lowest BCUT2D eigenvalue weighted by Gasteiger charge is -2.21. The van der Waals surface area contributed by atoms with Gasteiger partial charge in [0.1, 0.15) is 0 Å². The Morgan fingerprint density at radius 1 is 1.69 bits per heavy atom. The molecule has 7 nitrogen and oxygen atoms in total. The molecule has 0 bridgehead atoms. The van der Waals surface area contributed by atoms with E-state index in [0.29, 0.717) is 26.1 Å². The SMILES string of the molecule is COCC(C)C(NCCCN=[N+]=[N-])C(N)=O. The molecule has 0 spiro atoms. The van der Waals surface area contributed by atoms with E-state index in [1.54, 1.807) is 7.11 Å². The smallest absolute Gasteiger partial charge is 0.234 e. The summed E-state index contributed by atoms with van der Waals surface area (Å²) in [6, 6.07) is -0.411. The predicted molar refractivity (Wildman–Crippen MR) is 60.7 cm³/mol. The molecule has 0 aliphatic carbocycles. The van der Waals surface area contributed by atoms with E-state index in [-0.39, 0.29) is 5.92 Å². The average Bonchev–Trinajstić information content (AvgIpc) is 2.23. The third-order valence-corrected chi connectivity index (χ3v) is 2.17. The van der Waals surface area contributed by atoms with Gasteiger partial charge in [0.25, 0.3) is 0 Å². The lowest BCUT2D eigenvalue weighted by atomic mass is 10.0. The van der Waals surface area contributed by atoms with Gasteiger partial charge in [0.05, 0.1) is 12.6 Å². The number of carbonyl (C=O) groups excluding carboxylic acids is 1. The van der Waals surface area contributed by atoms with Crippen molar-refractivity contribution in [1.82, 2.24) is 5.32 Å². The third-order valence-electron chi connectivity index (χ3n) is 2.17. The van der Waals surface area contributed by atoms with Gasteiger partial charge in [0.2, 0.25) is 5.91 Å². The van der Waals surface area contributed by atoms with Crippen molar-refractivity contribution in [1.29, 1.82) is 0 Å². The number of azide groups is 1. The van der Waals surface area contributed by atoms with Crippen LogP contribution in [0.25, 0.3) is 10.4 Å². The topological polar surface area (TPSA) is 113 Å². The number of hydrogen-bond donors (Lipinski definition) is 2. The first-order valence-corrected chi connectivity index (χ1v) is 5.16. The number of amides is 1. The van der Waals surface area contributed by atoms with Gasteiger partial charge in [-0.1, -0.05) is 12.0 Å². The fourth-order valence-corrected chi connectivity index (χ4v) is 1.39. The summed E-state index contributed by atoms with van der Waals surface area (Å²) in [5.74, 6) is -0.379. The second kappa shape index (κ2) is 8.96. The first-order chi connectivity index (χ1) is 7.63. The Bertz CT molecular complexity index is 252. The molecule has 0 saturated carbocycles. The molecule has 0 aromatic rings. The van der Waals surface area contributed by atoms with Gasteiger partial charge in [-0.3, -0.25) is 4.79 Å². The van der Waals surface area contributed by atoms with E-state index in [0.717, 1.165) is 0 Å². The number of hydrogen-bond acceptors (Lipinski definition) is 4. The van der Waals surface area contributed by atoms with Crippen LogP contribution < -0.4 is 11.1 Å². The van der Waals surface area contributed by atoms with Gasteiger partial charge in [0, 0.05) is 24.5 Å². The number of nitrogens with one attached hydrogen (secondary N) is 1. The first-order valence-electron chi connectivity index (χ1n) is 5.16. The van der Waals surface area contributed by atoms with Gasteiger partial charge in [-0.25, -0.2) is 0 Å². The second-order valence-electron chi connectivity index (χ2n) is 3.57.